The molecule has 5 rings (SSSR count). The van der Waals surface area contributed by atoms with Gasteiger partial charge in [0.2, 0.25) is 0 Å². The molecular weight excluding hydrogens is 516 g/mol. The van der Waals surface area contributed by atoms with Crippen LogP contribution in [-0.2, 0) is 31.0 Å². The predicted molar refractivity (Wildman–Crippen MR) is 161 cm³/mol. The summed E-state index contributed by atoms with van der Waals surface area (Å²) in [5.41, 5.74) is 2.78. The van der Waals surface area contributed by atoms with Crippen LogP contribution in [0.5, 0.6) is 11.5 Å². The summed E-state index contributed by atoms with van der Waals surface area (Å²) < 4.78 is 20.3. The van der Waals surface area contributed by atoms with E-state index in [2.05, 4.69) is 0 Å². The first kappa shape index (κ1) is 27.9. The Morgan fingerprint density at radius 2 is 1.34 bits per heavy atom. The van der Waals surface area contributed by atoms with E-state index in [9.17, 15) is 9.59 Å². The van der Waals surface area contributed by atoms with Crippen LogP contribution in [-0.4, -0.2) is 22.9 Å². The average molecular weight is 551 g/mol. The number of unbranched alkanes of at least 4 members (excludes halogenated alkanes) is 1. The molecule has 0 fully saturated rings. The van der Waals surface area contributed by atoms with Gasteiger partial charge < -0.3 is 14.2 Å². The lowest BCUT2D eigenvalue weighted by Crippen LogP contribution is -2.40. The Morgan fingerprint density at radius 1 is 0.659 bits per heavy atom. The molecule has 0 spiro atoms. The van der Waals surface area contributed by atoms with Crippen LogP contribution in [0, 0.1) is 0 Å². The molecule has 7 nitrogen and oxygen atoms in total. The molecule has 0 bridgehead atoms. The molecule has 0 aliphatic heterocycles. The summed E-state index contributed by atoms with van der Waals surface area (Å²) in [6.07, 6.45) is 1.48. The molecule has 0 aliphatic carbocycles. The van der Waals surface area contributed by atoms with Crippen molar-refractivity contribution in [3.63, 3.8) is 0 Å². The Hall–Kier alpha value is -4.62. The normalized spacial score (nSPS) is 11.0. The standard InChI is InChI=1S/C34H34N2O5/c1-39-29-19-17-26(18-20-29)23-36-33(37)30-15-10-16-31(41-25-28-13-6-3-7-14-28)32(30)35(34(36)38)21-8-9-22-40-24-27-11-4-2-5-12-27/h2-7,10-20H,8-9,21-25H2,1H3. The van der Waals surface area contributed by atoms with Gasteiger partial charge in [-0.2, -0.15) is 0 Å². The van der Waals surface area contributed by atoms with Gasteiger partial charge in [0.25, 0.3) is 5.56 Å². The Balaban J connectivity index is 1.42. The van der Waals surface area contributed by atoms with Crippen molar-refractivity contribution >= 4 is 10.9 Å². The summed E-state index contributed by atoms with van der Waals surface area (Å²) in [6.45, 7) is 2.04. The smallest absolute Gasteiger partial charge is 0.331 e. The Bertz CT molecular complexity index is 1680. The maximum Gasteiger partial charge on any atom is 0.331 e. The number of rotatable bonds is 13. The molecule has 0 aliphatic rings. The third-order valence-electron chi connectivity index (χ3n) is 6.98. The highest BCUT2D eigenvalue weighted by atomic mass is 16.5. The lowest BCUT2D eigenvalue weighted by atomic mass is 10.2. The molecule has 1 heterocycles. The van der Waals surface area contributed by atoms with Gasteiger partial charge in [-0.15, -0.1) is 0 Å². The summed E-state index contributed by atoms with van der Waals surface area (Å²) >= 11 is 0. The number of hydrogen-bond acceptors (Lipinski definition) is 5. The van der Waals surface area contributed by atoms with Crippen molar-refractivity contribution in [2.24, 2.45) is 0 Å². The van der Waals surface area contributed by atoms with E-state index in [-0.39, 0.29) is 17.8 Å². The molecule has 0 N–H and O–H groups in total. The molecule has 0 atom stereocenters. The predicted octanol–water partition coefficient (Wildman–Crippen LogP) is 5.80. The van der Waals surface area contributed by atoms with E-state index in [1.54, 1.807) is 23.8 Å². The number of aromatic nitrogens is 2. The van der Waals surface area contributed by atoms with E-state index in [0.29, 0.717) is 55.2 Å². The molecule has 41 heavy (non-hydrogen) atoms. The van der Waals surface area contributed by atoms with Crippen LogP contribution in [0.15, 0.2) is 113 Å². The van der Waals surface area contributed by atoms with Crippen molar-refractivity contribution in [3.8, 4) is 11.5 Å². The molecule has 1 aromatic heterocycles. The van der Waals surface area contributed by atoms with Crippen LogP contribution in [0.3, 0.4) is 0 Å². The summed E-state index contributed by atoms with van der Waals surface area (Å²) in [5, 5.41) is 0.448. The quantitative estimate of drug-likeness (QED) is 0.173. The summed E-state index contributed by atoms with van der Waals surface area (Å²) in [5.74, 6) is 1.23. The van der Waals surface area contributed by atoms with Crippen LogP contribution in [0.4, 0.5) is 0 Å². The van der Waals surface area contributed by atoms with Gasteiger partial charge in [0.1, 0.15) is 23.6 Å². The highest BCUT2D eigenvalue weighted by Crippen LogP contribution is 2.24. The zero-order chi connectivity index (χ0) is 28.4. The zero-order valence-corrected chi connectivity index (χ0v) is 23.2. The van der Waals surface area contributed by atoms with Crippen molar-refractivity contribution in [1.82, 2.24) is 9.13 Å². The van der Waals surface area contributed by atoms with Crippen LogP contribution in [0.1, 0.15) is 29.5 Å². The van der Waals surface area contributed by atoms with Crippen LogP contribution in [0.2, 0.25) is 0 Å². The van der Waals surface area contributed by atoms with E-state index in [1.165, 1.54) is 4.57 Å². The van der Waals surface area contributed by atoms with Gasteiger partial charge in [0, 0.05) is 13.2 Å². The number of aryl methyl sites for hydroxylation is 1. The Kier molecular flexibility index (Phi) is 9.29. The minimum Gasteiger partial charge on any atom is -0.497 e. The first-order chi connectivity index (χ1) is 20.1. The lowest BCUT2D eigenvalue weighted by Gasteiger charge is -2.17. The second-order valence-corrected chi connectivity index (χ2v) is 9.85. The van der Waals surface area contributed by atoms with Crippen molar-refractivity contribution in [1.29, 1.82) is 0 Å². The van der Waals surface area contributed by atoms with Gasteiger partial charge in [-0.25, -0.2) is 4.79 Å². The van der Waals surface area contributed by atoms with Gasteiger partial charge in [0.05, 0.1) is 25.6 Å². The minimum absolute atomic E-state index is 0.160. The second kappa shape index (κ2) is 13.6. The summed E-state index contributed by atoms with van der Waals surface area (Å²) in [6, 6.07) is 32.6. The van der Waals surface area contributed by atoms with Gasteiger partial charge in [-0.05, 0) is 53.8 Å². The second-order valence-electron chi connectivity index (χ2n) is 9.85. The minimum atomic E-state index is -0.362. The molecule has 0 saturated carbocycles. The number of methoxy groups -OCH3 is 1. The maximum atomic E-state index is 13.9. The van der Waals surface area contributed by atoms with Crippen molar-refractivity contribution in [2.75, 3.05) is 13.7 Å². The fraction of sp³-hybridized carbons (Fsp3) is 0.235. The van der Waals surface area contributed by atoms with Crippen LogP contribution < -0.4 is 20.7 Å². The maximum absolute atomic E-state index is 13.9. The molecule has 0 amide bonds. The fourth-order valence-corrected chi connectivity index (χ4v) is 4.80. The number of nitrogens with zero attached hydrogens (tertiary/aromatic N) is 2. The number of ether oxygens (including phenoxy) is 3. The third kappa shape index (κ3) is 6.94. The van der Waals surface area contributed by atoms with E-state index in [4.69, 9.17) is 14.2 Å². The first-order valence-electron chi connectivity index (χ1n) is 13.8. The van der Waals surface area contributed by atoms with Crippen LogP contribution >= 0.6 is 0 Å². The molecule has 0 radical (unpaired) electrons. The number of benzene rings is 4. The van der Waals surface area contributed by atoms with E-state index < -0.39 is 0 Å². The Morgan fingerprint density at radius 3 is 2.02 bits per heavy atom. The monoisotopic (exact) mass is 550 g/mol. The number of para-hydroxylation sites is 1. The Labute approximate surface area is 239 Å². The van der Waals surface area contributed by atoms with Gasteiger partial charge in [-0.3, -0.25) is 13.9 Å². The number of hydrogen-bond donors (Lipinski definition) is 0. The molecule has 210 valence electrons. The topological polar surface area (TPSA) is 71.7 Å². The SMILES string of the molecule is COc1ccc(Cn2c(=O)c3cccc(OCc4ccccc4)c3n(CCCCOCc3ccccc3)c2=O)cc1. The largest absolute Gasteiger partial charge is 0.497 e. The molecule has 7 heteroatoms. The highest BCUT2D eigenvalue weighted by Gasteiger charge is 2.17. The highest BCUT2D eigenvalue weighted by molar-refractivity contribution is 5.84. The zero-order valence-electron chi connectivity index (χ0n) is 23.2. The fourth-order valence-electron chi connectivity index (χ4n) is 4.80. The lowest BCUT2D eigenvalue weighted by molar-refractivity contribution is 0.116. The molecule has 0 saturated heterocycles. The molecular formula is C34H34N2O5. The van der Waals surface area contributed by atoms with Crippen molar-refractivity contribution in [2.45, 2.75) is 39.1 Å². The van der Waals surface area contributed by atoms with Crippen LogP contribution in [0.25, 0.3) is 10.9 Å². The van der Waals surface area contributed by atoms with Crippen molar-refractivity contribution in [3.05, 3.63) is 141 Å². The molecule has 5 aromatic rings. The van der Waals surface area contributed by atoms with Gasteiger partial charge in [0.15, 0.2) is 0 Å². The molecule has 4 aromatic carbocycles. The first-order valence-corrected chi connectivity index (χ1v) is 13.8. The van der Waals surface area contributed by atoms with Crippen molar-refractivity contribution < 1.29 is 14.2 Å². The van der Waals surface area contributed by atoms with E-state index in [0.717, 1.165) is 23.1 Å². The van der Waals surface area contributed by atoms with Gasteiger partial charge in [-0.1, -0.05) is 78.9 Å². The van der Waals surface area contributed by atoms with Gasteiger partial charge >= 0.3 is 5.69 Å². The van der Waals surface area contributed by atoms with E-state index in [1.807, 2.05) is 91.0 Å². The summed E-state index contributed by atoms with van der Waals surface area (Å²) in [4.78, 5) is 27.5. The third-order valence-corrected chi connectivity index (χ3v) is 6.98. The summed E-state index contributed by atoms with van der Waals surface area (Å²) in [7, 11) is 1.60. The molecule has 0 unspecified atom stereocenters. The number of fused-ring (bicyclic) bond motifs is 1. The average Bonchev–Trinajstić information content (AvgIpc) is 3.02. The van der Waals surface area contributed by atoms with E-state index >= 15 is 0 Å².